The molecule has 1 amide bonds. The van der Waals surface area contributed by atoms with Crippen molar-refractivity contribution in [2.45, 2.75) is 13.1 Å². The minimum Gasteiger partial charge on any atom is -0.493 e. The van der Waals surface area contributed by atoms with Crippen LogP contribution in [0, 0.1) is 0 Å². The van der Waals surface area contributed by atoms with E-state index in [-0.39, 0.29) is 5.69 Å². The number of benzene rings is 2. The number of nitrogens with one attached hydrogen (secondary N) is 1. The van der Waals surface area contributed by atoms with Crippen LogP contribution in [0.4, 0.5) is 18.9 Å². The van der Waals surface area contributed by atoms with Crippen molar-refractivity contribution in [3.05, 3.63) is 58.6 Å². The van der Waals surface area contributed by atoms with Crippen LogP contribution < -0.4 is 14.8 Å². The predicted molar refractivity (Wildman–Crippen MR) is 98.3 cm³/mol. The second kappa shape index (κ2) is 8.81. The van der Waals surface area contributed by atoms with E-state index in [1.807, 2.05) is 6.92 Å². The Labute approximate surface area is 159 Å². The average Bonchev–Trinajstić information content (AvgIpc) is 2.61. The van der Waals surface area contributed by atoms with Crippen LogP contribution in [-0.4, -0.2) is 19.6 Å². The third kappa shape index (κ3) is 5.65. The van der Waals surface area contributed by atoms with E-state index in [4.69, 9.17) is 21.1 Å². The number of rotatable bonds is 6. The van der Waals surface area contributed by atoms with E-state index in [0.717, 1.165) is 12.1 Å². The Bertz CT molecular complexity index is 851. The monoisotopic (exact) mass is 399 g/mol. The molecule has 27 heavy (non-hydrogen) atoms. The minimum absolute atomic E-state index is 0.00866. The first-order chi connectivity index (χ1) is 12.7. The van der Waals surface area contributed by atoms with Crippen molar-refractivity contribution in [3.63, 3.8) is 0 Å². The molecule has 2 rings (SSSR count). The number of carbonyl (C=O) groups excluding carboxylic acids is 1. The lowest BCUT2D eigenvalue weighted by Crippen LogP contribution is -2.11. The van der Waals surface area contributed by atoms with E-state index in [1.54, 1.807) is 18.2 Å². The molecule has 144 valence electrons. The van der Waals surface area contributed by atoms with Gasteiger partial charge in [0.25, 0.3) is 0 Å². The molecule has 0 spiro atoms. The minimum atomic E-state index is -4.60. The number of hydrogen-bond donors (Lipinski definition) is 1. The fourth-order valence-electron chi connectivity index (χ4n) is 2.24. The molecule has 0 atom stereocenters. The zero-order valence-electron chi connectivity index (χ0n) is 14.6. The molecule has 0 aliphatic carbocycles. The van der Waals surface area contributed by atoms with Crippen molar-refractivity contribution in [2.75, 3.05) is 19.0 Å². The van der Waals surface area contributed by atoms with Crippen molar-refractivity contribution in [1.29, 1.82) is 0 Å². The van der Waals surface area contributed by atoms with Gasteiger partial charge in [0.2, 0.25) is 5.91 Å². The number of alkyl halides is 3. The Hall–Kier alpha value is -2.67. The number of carbonyl (C=O) groups is 1. The summed E-state index contributed by atoms with van der Waals surface area (Å²) in [5.41, 5.74) is -0.356. The van der Waals surface area contributed by atoms with Crippen LogP contribution in [0.25, 0.3) is 6.08 Å². The average molecular weight is 400 g/mol. The van der Waals surface area contributed by atoms with Gasteiger partial charge in [-0.2, -0.15) is 13.2 Å². The molecule has 0 heterocycles. The Morgan fingerprint density at radius 1 is 1.19 bits per heavy atom. The van der Waals surface area contributed by atoms with Gasteiger partial charge in [0, 0.05) is 11.8 Å². The smallest absolute Gasteiger partial charge is 0.417 e. The summed E-state index contributed by atoms with van der Waals surface area (Å²) in [5.74, 6) is 0.493. The molecule has 8 heteroatoms. The predicted octanol–water partition coefficient (Wildman–Crippen LogP) is 5.42. The van der Waals surface area contributed by atoms with E-state index in [0.29, 0.717) is 23.7 Å². The molecule has 0 aromatic heterocycles. The highest BCUT2D eigenvalue weighted by Crippen LogP contribution is 2.36. The highest BCUT2D eigenvalue weighted by Gasteiger charge is 2.33. The maximum Gasteiger partial charge on any atom is 0.417 e. The summed E-state index contributed by atoms with van der Waals surface area (Å²) < 4.78 is 49.2. The van der Waals surface area contributed by atoms with Crippen LogP contribution in [-0.2, 0) is 11.0 Å². The lowest BCUT2D eigenvalue weighted by atomic mass is 10.1. The van der Waals surface area contributed by atoms with Crippen LogP contribution in [0.2, 0.25) is 5.02 Å². The van der Waals surface area contributed by atoms with Gasteiger partial charge in [-0.3, -0.25) is 4.79 Å². The summed E-state index contributed by atoms with van der Waals surface area (Å²) in [6, 6.07) is 8.27. The largest absolute Gasteiger partial charge is 0.493 e. The first kappa shape index (κ1) is 20.6. The summed E-state index contributed by atoms with van der Waals surface area (Å²) in [6.07, 6.45) is -1.89. The molecule has 0 aliphatic heterocycles. The fraction of sp³-hybridized carbons (Fsp3) is 0.211. The van der Waals surface area contributed by atoms with Crippen molar-refractivity contribution in [3.8, 4) is 11.5 Å². The number of halogens is 4. The highest BCUT2D eigenvalue weighted by molar-refractivity contribution is 6.31. The quantitative estimate of drug-likeness (QED) is 0.660. The van der Waals surface area contributed by atoms with Gasteiger partial charge in [0.15, 0.2) is 11.5 Å². The van der Waals surface area contributed by atoms with Gasteiger partial charge < -0.3 is 14.8 Å². The molecule has 1 N–H and O–H groups in total. The Morgan fingerprint density at radius 3 is 2.56 bits per heavy atom. The van der Waals surface area contributed by atoms with E-state index in [2.05, 4.69) is 5.32 Å². The van der Waals surface area contributed by atoms with Crippen LogP contribution in [0.5, 0.6) is 11.5 Å². The normalized spacial score (nSPS) is 11.5. The summed E-state index contributed by atoms with van der Waals surface area (Å²) in [5, 5.41) is 1.94. The number of anilines is 1. The van der Waals surface area contributed by atoms with Gasteiger partial charge >= 0.3 is 6.18 Å². The zero-order chi connectivity index (χ0) is 20.0. The Morgan fingerprint density at radius 2 is 1.93 bits per heavy atom. The lowest BCUT2D eigenvalue weighted by molar-refractivity contribution is -0.137. The summed E-state index contributed by atoms with van der Waals surface area (Å²) in [4.78, 5) is 12.0. The first-order valence-corrected chi connectivity index (χ1v) is 8.29. The van der Waals surface area contributed by atoms with E-state index < -0.39 is 22.7 Å². The molecule has 0 saturated carbocycles. The molecule has 0 radical (unpaired) electrons. The number of hydrogen-bond acceptors (Lipinski definition) is 3. The van der Waals surface area contributed by atoms with Gasteiger partial charge in [-0.1, -0.05) is 17.7 Å². The molecule has 0 saturated heterocycles. The van der Waals surface area contributed by atoms with E-state index >= 15 is 0 Å². The van der Waals surface area contributed by atoms with Crippen molar-refractivity contribution >= 4 is 29.3 Å². The molecule has 4 nitrogen and oxygen atoms in total. The molecule has 2 aromatic rings. The van der Waals surface area contributed by atoms with Gasteiger partial charge in [-0.05, 0) is 48.9 Å². The molecule has 0 aliphatic rings. The number of amides is 1. The van der Waals surface area contributed by atoms with Crippen LogP contribution in [0.1, 0.15) is 18.1 Å². The maximum atomic E-state index is 12.9. The molecule has 0 bridgehead atoms. The molecule has 0 unspecified atom stereocenters. The lowest BCUT2D eigenvalue weighted by Gasteiger charge is -2.11. The molecule has 2 aromatic carbocycles. The summed E-state index contributed by atoms with van der Waals surface area (Å²) in [7, 11) is 1.50. The van der Waals surface area contributed by atoms with E-state index in [9.17, 15) is 18.0 Å². The van der Waals surface area contributed by atoms with E-state index in [1.165, 1.54) is 25.3 Å². The van der Waals surface area contributed by atoms with Crippen LogP contribution in [0.3, 0.4) is 0 Å². The van der Waals surface area contributed by atoms with Crippen LogP contribution in [0.15, 0.2) is 42.5 Å². The summed E-state index contributed by atoms with van der Waals surface area (Å²) >= 11 is 5.55. The Balaban J connectivity index is 2.12. The second-order valence-electron chi connectivity index (χ2n) is 5.36. The number of methoxy groups -OCH3 is 1. The first-order valence-electron chi connectivity index (χ1n) is 7.91. The zero-order valence-corrected chi connectivity index (χ0v) is 15.3. The second-order valence-corrected chi connectivity index (χ2v) is 5.77. The molecule has 0 fully saturated rings. The Kier molecular flexibility index (Phi) is 6.74. The third-order valence-electron chi connectivity index (χ3n) is 3.45. The fourth-order valence-corrected chi connectivity index (χ4v) is 2.46. The highest BCUT2D eigenvalue weighted by atomic mass is 35.5. The van der Waals surface area contributed by atoms with Gasteiger partial charge in [0.1, 0.15) is 0 Å². The number of ether oxygens (including phenoxy) is 2. The molecular formula is C19H17ClF3NO3. The van der Waals surface area contributed by atoms with Crippen molar-refractivity contribution < 1.29 is 27.4 Å². The van der Waals surface area contributed by atoms with Crippen molar-refractivity contribution in [1.82, 2.24) is 0 Å². The summed E-state index contributed by atoms with van der Waals surface area (Å²) in [6.45, 7) is 2.33. The van der Waals surface area contributed by atoms with Gasteiger partial charge in [0.05, 0.1) is 24.3 Å². The molecular weight excluding hydrogens is 383 g/mol. The SMILES string of the molecule is CCOc1ccc(/C=C/C(=O)Nc2ccc(Cl)c(C(F)(F)F)c2)cc1OC. The maximum absolute atomic E-state index is 12.9. The van der Waals surface area contributed by atoms with Crippen molar-refractivity contribution in [2.24, 2.45) is 0 Å². The third-order valence-corrected chi connectivity index (χ3v) is 3.78. The van der Waals surface area contributed by atoms with Gasteiger partial charge in [-0.15, -0.1) is 0 Å². The topological polar surface area (TPSA) is 47.6 Å². The van der Waals surface area contributed by atoms with Crippen LogP contribution >= 0.6 is 11.6 Å². The van der Waals surface area contributed by atoms with Gasteiger partial charge in [-0.25, -0.2) is 0 Å². The standard InChI is InChI=1S/C19H17ClF3NO3/c1-3-27-16-8-4-12(10-17(16)26-2)5-9-18(25)24-13-6-7-15(20)14(11-13)19(21,22)23/h4-11H,3H2,1-2H3,(H,24,25)/b9-5+.